The predicted octanol–water partition coefficient (Wildman–Crippen LogP) is 2.47. The van der Waals surface area contributed by atoms with E-state index in [1.54, 1.807) is 0 Å². The molecular formula is C10H11BrO2. The molecule has 0 aliphatic carbocycles. The first-order valence-corrected chi connectivity index (χ1v) is 4.74. The van der Waals surface area contributed by atoms with Crippen LogP contribution in [0.4, 0.5) is 0 Å². The van der Waals surface area contributed by atoms with Crippen molar-refractivity contribution in [1.82, 2.24) is 0 Å². The van der Waals surface area contributed by atoms with Crippen molar-refractivity contribution in [3.8, 4) is 0 Å². The summed E-state index contributed by atoms with van der Waals surface area (Å²) in [5.41, 5.74) is 2.12. The third-order valence-corrected chi connectivity index (χ3v) is 2.67. The largest absolute Gasteiger partial charge is 0.469 e. The molecule has 0 aromatic heterocycles. The van der Waals surface area contributed by atoms with Gasteiger partial charge >= 0.3 is 5.97 Å². The molecule has 0 amide bonds. The van der Waals surface area contributed by atoms with E-state index in [1.165, 1.54) is 7.11 Å². The summed E-state index contributed by atoms with van der Waals surface area (Å²) in [6, 6.07) is 5.84. The van der Waals surface area contributed by atoms with E-state index in [-0.39, 0.29) is 5.97 Å². The molecule has 0 fully saturated rings. The summed E-state index contributed by atoms with van der Waals surface area (Å²) in [5.74, 6) is -0.212. The van der Waals surface area contributed by atoms with E-state index in [2.05, 4.69) is 20.7 Å². The number of halogens is 1. The van der Waals surface area contributed by atoms with Gasteiger partial charge in [-0.05, 0) is 24.1 Å². The first kappa shape index (κ1) is 10.3. The van der Waals surface area contributed by atoms with Gasteiger partial charge in [0.25, 0.3) is 0 Å². The Morgan fingerprint density at radius 3 is 2.77 bits per heavy atom. The standard InChI is InChI=1S/C10H11BrO2/c1-7-3-4-8(5-9(7)11)6-10(12)13-2/h3-5H,6H2,1-2H3. The highest BCUT2D eigenvalue weighted by atomic mass is 79.9. The van der Waals surface area contributed by atoms with E-state index in [9.17, 15) is 4.79 Å². The van der Waals surface area contributed by atoms with Crippen molar-refractivity contribution in [3.05, 3.63) is 33.8 Å². The summed E-state index contributed by atoms with van der Waals surface area (Å²) in [4.78, 5) is 10.9. The highest BCUT2D eigenvalue weighted by molar-refractivity contribution is 9.10. The zero-order chi connectivity index (χ0) is 9.84. The molecule has 0 unspecified atom stereocenters. The van der Waals surface area contributed by atoms with Crippen molar-refractivity contribution in [3.63, 3.8) is 0 Å². The normalized spacial score (nSPS) is 9.77. The molecule has 0 aliphatic heterocycles. The van der Waals surface area contributed by atoms with E-state index in [4.69, 9.17) is 0 Å². The van der Waals surface area contributed by atoms with E-state index in [0.717, 1.165) is 15.6 Å². The number of ether oxygens (including phenoxy) is 1. The SMILES string of the molecule is COC(=O)Cc1ccc(C)c(Br)c1. The monoisotopic (exact) mass is 242 g/mol. The number of carbonyl (C=O) groups is 1. The molecule has 0 saturated carbocycles. The van der Waals surface area contributed by atoms with Gasteiger partial charge in [0.05, 0.1) is 13.5 Å². The molecule has 0 heterocycles. The molecule has 1 aromatic rings. The van der Waals surface area contributed by atoms with Crippen molar-refractivity contribution >= 4 is 21.9 Å². The molecule has 0 saturated heterocycles. The number of esters is 1. The van der Waals surface area contributed by atoms with Crippen molar-refractivity contribution in [2.24, 2.45) is 0 Å². The Morgan fingerprint density at radius 1 is 1.54 bits per heavy atom. The van der Waals surface area contributed by atoms with Gasteiger partial charge in [0.15, 0.2) is 0 Å². The van der Waals surface area contributed by atoms with Gasteiger partial charge < -0.3 is 4.74 Å². The van der Waals surface area contributed by atoms with Crippen LogP contribution in [0.25, 0.3) is 0 Å². The first-order chi connectivity index (χ1) is 6.13. The second-order valence-corrected chi connectivity index (χ2v) is 3.69. The molecular weight excluding hydrogens is 232 g/mol. The first-order valence-electron chi connectivity index (χ1n) is 3.95. The Kier molecular flexibility index (Phi) is 3.48. The Labute approximate surface area is 86.0 Å². The number of hydrogen-bond donors (Lipinski definition) is 0. The Morgan fingerprint density at radius 2 is 2.23 bits per heavy atom. The minimum Gasteiger partial charge on any atom is -0.469 e. The average Bonchev–Trinajstić information content (AvgIpc) is 2.11. The van der Waals surface area contributed by atoms with E-state index >= 15 is 0 Å². The quantitative estimate of drug-likeness (QED) is 0.746. The van der Waals surface area contributed by atoms with Crippen LogP contribution in [0.5, 0.6) is 0 Å². The summed E-state index contributed by atoms with van der Waals surface area (Å²) in [6.45, 7) is 2.01. The molecule has 0 radical (unpaired) electrons. The molecule has 70 valence electrons. The molecule has 0 spiro atoms. The number of aryl methyl sites for hydroxylation is 1. The van der Waals surface area contributed by atoms with Crippen LogP contribution in [0.3, 0.4) is 0 Å². The lowest BCUT2D eigenvalue weighted by molar-refractivity contribution is -0.139. The number of hydrogen-bond acceptors (Lipinski definition) is 2. The zero-order valence-electron chi connectivity index (χ0n) is 7.63. The molecule has 13 heavy (non-hydrogen) atoms. The van der Waals surface area contributed by atoms with E-state index in [0.29, 0.717) is 6.42 Å². The van der Waals surface area contributed by atoms with Gasteiger partial charge in [0, 0.05) is 4.47 Å². The maximum atomic E-state index is 10.9. The minimum absolute atomic E-state index is 0.212. The fourth-order valence-corrected chi connectivity index (χ4v) is 1.41. The van der Waals surface area contributed by atoms with Crippen LogP contribution in [0.1, 0.15) is 11.1 Å². The van der Waals surface area contributed by atoms with Gasteiger partial charge in [-0.2, -0.15) is 0 Å². The maximum Gasteiger partial charge on any atom is 0.309 e. The van der Waals surface area contributed by atoms with Gasteiger partial charge in [0.1, 0.15) is 0 Å². The Hall–Kier alpha value is -0.830. The third kappa shape index (κ3) is 2.84. The van der Waals surface area contributed by atoms with Gasteiger partial charge in [-0.15, -0.1) is 0 Å². The van der Waals surface area contributed by atoms with Crippen LogP contribution in [-0.4, -0.2) is 13.1 Å². The molecule has 0 atom stereocenters. The number of benzene rings is 1. The van der Waals surface area contributed by atoms with Crippen LogP contribution in [0.15, 0.2) is 22.7 Å². The molecule has 0 aliphatic rings. The lowest BCUT2D eigenvalue weighted by Crippen LogP contribution is -2.04. The van der Waals surface area contributed by atoms with Crippen LogP contribution >= 0.6 is 15.9 Å². The number of rotatable bonds is 2. The molecule has 1 aromatic carbocycles. The minimum atomic E-state index is -0.212. The maximum absolute atomic E-state index is 10.9. The van der Waals surface area contributed by atoms with Crippen molar-refractivity contribution in [2.75, 3.05) is 7.11 Å². The molecule has 1 rings (SSSR count). The molecule has 3 heteroatoms. The zero-order valence-corrected chi connectivity index (χ0v) is 9.22. The summed E-state index contributed by atoms with van der Waals surface area (Å²) in [7, 11) is 1.39. The summed E-state index contributed by atoms with van der Waals surface area (Å²) >= 11 is 3.41. The highest BCUT2D eigenvalue weighted by Gasteiger charge is 2.03. The van der Waals surface area contributed by atoms with Gasteiger partial charge in [-0.1, -0.05) is 28.1 Å². The van der Waals surface area contributed by atoms with Crippen molar-refractivity contribution in [1.29, 1.82) is 0 Å². The van der Waals surface area contributed by atoms with Crippen LogP contribution in [-0.2, 0) is 16.0 Å². The average molecular weight is 243 g/mol. The van der Waals surface area contributed by atoms with Crippen LogP contribution < -0.4 is 0 Å². The smallest absolute Gasteiger partial charge is 0.309 e. The Bertz CT molecular complexity index is 321. The lowest BCUT2D eigenvalue weighted by Gasteiger charge is -2.02. The van der Waals surface area contributed by atoms with Crippen LogP contribution in [0, 0.1) is 6.92 Å². The second kappa shape index (κ2) is 4.42. The Balaban J connectivity index is 2.79. The van der Waals surface area contributed by atoms with Gasteiger partial charge in [0.2, 0.25) is 0 Å². The van der Waals surface area contributed by atoms with Crippen molar-refractivity contribution < 1.29 is 9.53 Å². The molecule has 0 bridgehead atoms. The lowest BCUT2D eigenvalue weighted by atomic mass is 10.1. The third-order valence-electron chi connectivity index (χ3n) is 1.81. The topological polar surface area (TPSA) is 26.3 Å². The second-order valence-electron chi connectivity index (χ2n) is 2.84. The predicted molar refractivity (Wildman–Crippen MR) is 54.6 cm³/mol. The molecule has 2 nitrogen and oxygen atoms in total. The van der Waals surface area contributed by atoms with E-state index in [1.807, 2.05) is 25.1 Å². The summed E-state index contributed by atoms with van der Waals surface area (Å²) < 4.78 is 5.59. The van der Waals surface area contributed by atoms with E-state index < -0.39 is 0 Å². The number of methoxy groups -OCH3 is 1. The highest BCUT2D eigenvalue weighted by Crippen LogP contribution is 2.17. The summed E-state index contributed by atoms with van der Waals surface area (Å²) in [5, 5.41) is 0. The van der Waals surface area contributed by atoms with Gasteiger partial charge in [-0.3, -0.25) is 4.79 Å². The number of carbonyl (C=O) groups excluding carboxylic acids is 1. The van der Waals surface area contributed by atoms with Crippen LogP contribution in [0.2, 0.25) is 0 Å². The van der Waals surface area contributed by atoms with Crippen molar-refractivity contribution in [2.45, 2.75) is 13.3 Å². The fourth-order valence-electron chi connectivity index (χ4n) is 0.985. The summed E-state index contributed by atoms with van der Waals surface area (Å²) in [6.07, 6.45) is 0.329. The fraction of sp³-hybridized carbons (Fsp3) is 0.300. The molecule has 0 N–H and O–H groups in total. The van der Waals surface area contributed by atoms with Gasteiger partial charge in [-0.25, -0.2) is 0 Å².